The molecule has 1 atom stereocenters. The average molecular weight is 439 g/mol. The van der Waals surface area contributed by atoms with Gasteiger partial charge in [0.2, 0.25) is 0 Å². The zero-order valence-corrected chi connectivity index (χ0v) is 19.8. The summed E-state index contributed by atoms with van der Waals surface area (Å²) in [6.45, 7) is 12.3. The molecule has 0 aromatic heterocycles. The van der Waals surface area contributed by atoms with Crippen LogP contribution in [0.3, 0.4) is 0 Å². The number of benzene rings is 2. The van der Waals surface area contributed by atoms with Crippen molar-refractivity contribution in [1.82, 2.24) is 9.96 Å². The summed E-state index contributed by atoms with van der Waals surface area (Å²) in [7, 11) is 0. The summed E-state index contributed by atoms with van der Waals surface area (Å²) in [4.78, 5) is 30.0. The fraction of sp³-hybridized carbons (Fsp3) is 0.440. The van der Waals surface area contributed by atoms with Gasteiger partial charge in [0.05, 0.1) is 11.2 Å². The third-order valence-corrected chi connectivity index (χ3v) is 6.14. The van der Waals surface area contributed by atoms with Crippen molar-refractivity contribution in [3.8, 4) is 0 Å². The molecule has 4 amide bonds. The van der Waals surface area contributed by atoms with E-state index in [1.54, 1.807) is 11.0 Å². The zero-order valence-electron chi connectivity index (χ0n) is 19.8. The quantitative estimate of drug-likeness (QED) is 0.454. The summed E-state index contributed by atoms with van der Waals surface area (Å²) < 4.78 is 0. The van der Waals surface area contributed by atoms with Crippen LogP contribution in [0.1, 0.15) is 45.2 Å². The van der Waals surface area contributed by atoms with Gasteiger partial charge in [-0.3, -0.25) is 10.1 Å². The molecule has 3 rings (SSSR count). The van der Waals surface area contributed by atoms with Crippen LogP contribution in [0.25, 0.3) is 0 Å². The van der Waals surface area contributed by atoms with Gasteiger partial charge in [-0.25, -0.2) is 9.59 Å². The van der Waals surface area contributed by atoms with Gasteiger partial charge in [-0.1, -0.05) is 50.2 Å². The number of urea groups is 2. The van der Waals surface area contributed by atoms with Crippen LogP contribution in [0, 0.1) is 19.8 Å². The Morgan fingerprint density at radius 3 is 2.28 bits per heavy atom. The standard InChI is InChI=1S/C25H34N4O3/c1-17(2)15-16-27-24(31)28(21-14-10-8-12-19(21)4)22(25(27,5)6)29(32)23(30)26-20-13-9-7-11-18(20)3/h7-14,17,22,32H,15-16H2,1-6H3,(H,26,30)/t22-/m0/s1. The second kappa shape index (κ2) is 9.20. The predicted molar refractivity (Wildman–Crippen MR) is 127 cm³/mol. The maximum Gasteiger partial charge on any atom is 0.347 e. The monoisotopic (exact) mass is 438 g/mol. The molecule has 1 fully saturated rings. The molecule has 2 aromatic rings. The Morgan fingerprint density at radius 2 is 1.69 bits per heavy atom. The lowest BCUT2D eigenvalue weighted by Crippen LogP contribution is -2.58. The molecule has 7 nitrogen and oxygen atoms in total. The smallest absolute Gasteiger partial charge is 0.315 e. The van der Waals surface area contributed by atoms with E-state index in [9.17, 15) is 14.8 Å². The molecule has 1 aliphatic rings. The molecule has 0 aliphatic carbocycles. The highest BCUT2D eigenvalue weighted by Gasteiger charge is 2.56. The first-order chi connectivity index (χ1) is 15.1. The first-order valence-corrected chi connectivity index (χ1v) is 11.1. The SMILES string of the molecule is Cc1ccccc1NC(=O)N(O)[C@@H]1N(c2ccccc2C)C(=O)N(CCC(C)C)C1(C)C. The lowest BCUT2D eigenvalue weighted by Gasteiger charge is -2.38. The summed E-state index contributed by atoms with van der Waals surface area (Å²) in [6.07, 6.45) is -0.0862. The molecule has 32 heavy (non-hydrogen) atoms. The van der Waals surface area contributed by atoms with Gasteiger partial charge in [0.1, 0.15) is 0 Å². The van der Waals surface area contributed by atoms with Crippen LogP contribution in [0.2, 0.25) is 0 Å². The maximum absolute atomic E-state index is 13.6. The Morgan fingerprint density at radius 1 is 1.09 bits per heavy atom. The molecule has 2 aromatic carbocycles. The molecule has 2 N–H and O–H groups in total. The Kier molecular flexibility index (Phi) is 6.79. The molecule has 7 heteroatoms. The second-order valence-corrected chi connectivity index (χ2v) is 9.39. The molecule has 0 spiro atoms. The molecule has 1 saturated heterocycles. The van der Waals surface area contributed by atoms with Crippen molar-refractivity contribution in [2.75, 3.05) is 16.8 Å². The number of amides is 4. The number of hydroxylamine groups is 2. The molecule has 1 aliphatic heterocycles. The summed E-state index contributed by atoms with van der Waals surface area (Å²) in [5, 5.41) is 14.6. The molecular weight excluding hydrogens is 404 g/mol. The number of anilines is 2. The van der Waals surface area contributed by atoms with Gasteiger partial charge in [-0.05, 0) is 63.3 Å². The van der Waals surface area contributed by atoms with E-state index in [0.717, 1.165) is 17.5 Å². The van der Waals surface area contributed by atoms with Gasteiger partial charge >= 0.3 is 12.1 Å². The van der Waals surface area contributed by atoms with Crippen molar-refractivity contribution < 1.29 is 14.8 Å². The molecule has 0 saturated carbocycles. The number of nitrogens with one attached hydrogen (secondary N) is 1. The first kappa shape index (κ1) is 23.6. The first-order valence-electron chi connectivity index (χ1n) is 11.1. The summed E-state index contributed by atoms with van der Waals surface area (Å²) in [5.41, 5.74) is 2.22. The normalized spacial score (nSPS) is 17.8. The van der Waals surface area contributed by atoms with Crippen LogP contribution < -0.4 is 10.2 Å². The van der Waals surface area contributed by atoms with E-state index in [2.05, 4.69) is 19.2 Å². The predicted octanol–water partition coefficient (Wildman–Crippen LogP) is 5.62. The Bertz CT molecular complexity index is 989. The van der Waals surface area contributed by atoms with Crippen molar-refractivity contribution >= 4 is 23.4 Å². The number of hydrogen-bond acceptors (Lipinski definition) is 3. The number of rotatable bonds is 6. The number of hydrogen-bond donors (Lipinski definition) is 2. The van der Waals surface area contributed by atoms with Crippen LogP contribution >= 0.6 is 0 Å². The molecule has 0 bridgehead atoms. The third kappa shape index (κ3) is 4.43. The van der Waals surface area contributed by atoms with E-state index < -0.39 is 17.7 Å². The van der Waals surface area contributed by atoms with Crippen LogP contribution in [0.15, 0.2) is 48.5 Å². The minimum Gasteiger partial charge on any atom is -0.315 e. The van der Waals surface area contributed by atoms with E-state index in [1.807, 2.05) is 70.2 Å². The fourth-order valence-corrected chi connectivity index (χ4v) is 4.18. The van der Waals surface area contributed by atoms with Gasteiger partial charge in [-0.15, -0.1) is 0 Å². The van der Waals surface area contributed by atoms with Crippen molar-refractivity contribution in [3.63, 3.8) is 0 Å². The van der Waals surface area contributed by atoms with Crippen LogP contribution in [0.5, 0.6) is 0 Å². The lowest BCUT2D eigenvalue weighted by molar-refractivity contribution is -0.0950. The highest BCUT2D eigenvalue weighted by molar-refractivity contribution is 5.98. The van der Waals surface area contributed by atoms with Crippen LogP contribution in [0.4, 0.5) is 21.0 Å². The molecule has 0 radical (unpaired) electrons. The third-order valence-electron chi connectivity index (χ3n) is 6.14. The number of para-hydroxylation sites is 2. The van der Waals surface area contributed by atoms with Gasteiger partial charge in [0.15, 0.2) is 6.17 Å². The minimum absolute atomic E-state index is 0.224. The number of nitrogens with zero attached hydrogens (tertiary/aromatic N) is 3. The van der Waals surface area contributed by atoms with E-state index in [0.29, 0.717) is 28.9 Å². The molecule has 1 heterocycles. The van der Waals surface area contributed by atoms with E-state index >= 15 is 0 Å². The number of aryl methyl sites for hydroxylation is 2. The topological polar surface area (TPSA) is 76.1 Å². The van der Waals surface area contributed by atoms with Crippen molar-refractivity contribution in [1.29, 1.82) is 0 Å². The highest BCUT2D eigenvalue weighted by Crippen LogP contribution is 2.39. The minimum atomic E-state index is -0.910. The Hall–Kier alpha value is -3.06. The Balaban J connectivity index is 2.00. The van der Waals surface area contributed by atoms with Crippen molar-refractivity contribution in [2.45, 2.75) is 59.7 Å². The van der Waals surface area contributed by atoms with E-state index in [4.69, 9.17) is 0 Å². The molecular formula is C25H34N4O3. The zero-order chi connectivity index (χ0) is 23.6. The van der Waals surface area contributed by atoms with Crippen molar-refractivity contribution in [2.24, 2.45) is 5.92 Å². The van der Waals surface area contributed by atoms with E-state index in [-0.39, 0.29) is 6.03 Å². The van der Waals surface area contributed by atoms with E-state index in [1.165, 1.54) is 4.90 Å². The lowest BCUT2D eigenvalue weighted by atomic mass is 9.98. The maximum atomic E-state index is 13.6. The molecule has 0 unspecified atom stereocenters. The highest BCUT2D eigenvalue weighted by atomic mass is 16.5. The Labute approximate surface area is 190 Å². The summed E-state index contributed by atoms with van der Waals surface area (Å²) in [5.74, 6) is 0.416. The van der Waals surface area contributed by atoms with Crippen LogP contribution in [-0.2, 0) is 0 Å². The number of carbonyl (C=O) groups excluding carboxylic acids is 2. The van der Waals surface area contributed by atoms with Gasteiger partial charge in [0, 0.05) is 12.2 Å². The van der Waals surface area contributed by atoms with Gasteiger partial charge in [0.25, 0.3) is 0 Å². The molecule has 172 valence electrons. The average Bonchev–Trinajstić information content (AvgIpc) is 2.92. The van der Waals surface area contributed by atoms with Crippen molar-refractivity contribution in [3.05, 3.63) is 59.7 Å². The van der Waals surface area contributed by atoms with Gasteiger partial charge in [-0.2, -0.15) is 5.06 Å². The second-order valence-electron chi connectivity index (χ2n) is 9.39. The fourth-order valence-electron chi connectivity index (χ4n) is 4.18. The summed E-state index contributed by atoms with van der Waals surface area (Å²) in [6, 6.07) is 14.0. The van der Waals surface area contributed by atoms with Crippen LogP contribution in [-0.4, -0.2) is 45.5 Å². The van der Waals surface area contributed by atoms with Gasteiger partial charge < -0.3 is 10.2 Å². The largest absolute Gasteiger partial charge is 0.347 e. The summed E-state index contributed by atoms with van der Waals surface area (Å²) >= 11 is 0. The number of carbonyl (C=O) groups is 2.